The molecule has 0 saturated carbocycles. The minimum Gasteiger partial charge on any atom is -0.466 e. The molecule has 0 aliphatic carbocycles. The Labute approximate surface area is 131 Å². The topological polar surface area (TPSA) is 79.2 Å². The molecule has 118 valence electrons. The normalized spacial score (nSPS) is 12.1. The minimum atomic E-state index is -0.508. The van der Waals surface area contributed by atoms with Crippen molar-refractivity contribution in [3.8, 4) is 6.07 Å². The van der Waals surface area contributed by atoms with Gasteiger partial charge in [-0.15, -0.1) is 0 Å². The molecule has 1 atom stereocenters. The second-order valence-electron chi connectivity index (χ2n) is 6.05. The molecule has 5 heteroatoms. The van der Waals surface area contributed by atoms with Gasteiger partial charge >= 0.3 is 5.97 Å². The van der Waals surface area contributed by atoms with Gasteiger partial charge < -0.3 is 10.1 Å². The fourth-order valence-corrected chi connectivity index (χ4v) is 2.09. The van der Waals surface area contributed by atoms with Gasteiger partial charge in [-0.1, -0.05) is 26.8 Å². The van der Waals surface area contributed by atoms with E-state index in [0.29, 0.717) is 12.0 Å². The van der Waals surface area contributed by atoms with Crippen molar-refractivity contribution < 1.29 is 14.3 Å². The Morgan fingerprint density at radius 2 is 2.09 bits per heavy atom. The van der Waals surface area contributed by atoms with E-state index in [1.165, 1.54) is 0 Å². The van der Waals surface area contributed by atoms with Gasteiger partial charge in [-0.3, -0.25) is 9.59 Å². The number of ether oxygens (including phenoxy) is 1. The van der Waals surface area contributed by atoms with Gasteiger partial charge in [0.2, 0.25) is 6.41 Å². The number of amides is 1. The van der Waals surface area contributed by atoms with Crippen LogP contribution >= 0.6 is 0 Å². The second kappa shape index (κ2) is 7.60. The van der Waals surface area contributed by atoms with E-state index in [1.807, 2.05) is 32.9 Å². The maximum Gasteiger partial charge on any atom is 0.308 e. The van der Waals surface area contributed by atoms with Crippen LogP contribution in [0.4, 0.5) is 0 Å². The number of benzene rings is 1. The number of nitrogens with zero attached hydrogens (tertiary/aromatic N) is 1. The lowest BCUT2D eigenvalue weighted by Crippen LogP contribution is -2.24. The number of nitrogens with one attached hydrogen (secondary N) is 1. The highest BCUT2D eigenvalue weighted by Crippen LogP contribution is 2.28. The zero-order chi connectivity index (χ0) is 16.8. The van der Waals surface area contributed by atoms with Crippen molar-refractivity contribution in [3.05, 3.63) is 34.9 Å². The molecule has 1 N–H and O–H groups in total. The fourth-order valence-electron chi connectivity index (χ4n) is 2.09. The highest BCUT2D eigenvalue weighted by atomic mass is 16.5. The predicted molar refractivity (Wildman–Crippen MR) is 83.0 cm³/mol. The van der Waals surface area contributed by atoms with E-state index in [1.54, 1.807) is 13.0 Å². The number of carbonyl (C=O) groups excluding carboxylic acids is 2. The third kappa shape index (κ3) is 4.88. The lowest BCUT2D eigenvalue weighted by atomic mass is 9.84. The largest absolute Gasteiger partial charge is 0.466 e. The number of esters is 1. The van der Waals surface area contributed by atoms with Crippen LogP contribution in [0.1, 0.15) is 56.8 Å². The van der Waals surface area contributed by atoms with Gasteiger partial charge in [-0.2, -0.15) is 5.26 Å². The first kappa shape index (κ1) is 17.7. The molecule has 5 nitrogen and oxygen atoms in total. The lowest BCUT2D eigenvalue weighted by molar-refractivity contribution is -0.143. The SMILES string of the molecule is CCOC(=O)CC(NC=O)c1cc(C#N)cc(C(C)(C)C)c1. The van der Waals surface area contributed by atoms with Crippen LogP contribution in [0.5, 0.6) is 0 Å². The first-order valence-corrected chi connectivity index (χ1v) is 7.22. The number of carbonyl (C=O) groups is 2. The minimum absolute atomic E-state index is 0.0328. The summed E-state index contributed by atoms with van der Waals surface area (Å²) in [6.45, 7) is 8.15. The Balaban J connectivity index is 3.21. The van der Waals surface area contributed by atoms with E-state index in [4.69, 9.17) is 4.74 Å². The highest BCUT2D eigenvalue weighted by Gasteiger charge is 2.21. The van der Waals surface area contributed by atoms with Crippen LogP contribution in [0.25, 0.3) is 0 Å². The van der Waals surface area contributed by atoms with Crippen molar-refractivity contribution in [1.82, 2.24) is 5.32 Å². The molecule has 1 aromatic rings. The smallest absolute Gasteiger partial charge is 0.308 e. The van der Waals surface area contributed by atoms with Gasteiger partial charge in [0, 0.05) is 0 Å². The van der Waals surface area contributed by atoms with Crippen molar-refractivity contribution in [2.75, 3.05) is 6.61 Å². The molecule has 1 unspecified atom stereocenters. The zero-order valence-corrected chi connectivity index (χ0v) is 13.5. The second-order valence-corrected chi connectivity index (χ2v) is 6.05. The van der Waals surface area contributed by atoms with Crippen LogP contribution in [-0.2, 0) is 19.7 Å². The van der Waals surface area contributed by atoms with Gasteiger partial charge in [0.1, 0.15) is 0 Å². The van der Waals surface area contributed by atoms with Crippen molar-refractivity contribution in [2.45, 2.75) is 45.6 Å². The molecule has 0 fully saturated rings. The molecule has 0 bridgehead atoms. The summed E-state index contributed by atoms with van der Waals surface area (Å²) < 4.78 is 4.93. The van der Waals surface area contributed by atoms with Crippen LogP contribution in [0.2, 0.25) is 0 Å². The van der Waals surface area contributed by atoms with Gasteiger partial charge in [0.25, 0.3) is 0 Å². The molecule has 0 aromatic heterocycles. The summed E-state index contributed by atoms with van der Waals surface area (Å²) in [6, 6.07) is 7.05. The Morgan fingerprint density at radius 3 is 2.59 bits per heavy atom. The van der Waals surface area contributed by atoms with Crippen molar-refractivity contribution in [3.63, 3.8) is 0 Å². The van der Waals surface area contributed by atoms with Crippen molar-refractivity contribution in [2.24, 2.45) is 0 Å². The van der Waals surface area contributed by atoms with Crippen molar-refractivity contribution >= 4 is 12.4 Å². The fraction of sp³-hybridized carbons (Fsp3) is 0.471. The first-order chi connectivity index (χ1) is 10.3. The Morgan fingerprint density at radius 1 is 1.41 bits per heavy atom. The number of hydrogen-bond donors (Lipinski definition) is 1. The molecule has 1 amide bonds. The van der Waals surface area contributed by atoms with Crippen LogP contribution in [0.15, 0.2) is 18.2 Å². The molecule has 0 spiro atoms. The monoisotopic (exact) mass is 302 g/mol. The van der Waals surface area contributed by atoms with Crippen molar-refractivity contribution in [1.29, 1.82) is 5.26 Å². The maximum absolute atomic E-state index is 11.7. The van der Waals surface area contributed by atoms with Crippen LogP contribution in [0, 0.1) is 11.3 Å². The molecule has 0 heterocycles. The first-order valence-electron chi connectivity index (χ1n) is 7.22. The molecular weight excluding hydrogens is 280 g/mol. The van der Waals surface area contributed by atoms with Crippen LogP contribution < -0.4 is 5.32 Å². The number of nitriles is 1. The average Bonchev–Trinajstić information content (AvgIpc) is 2.45. The lowest BCUT2D eigenvalue weighted by Gasteiger charge is -2.23. The quantitative estimate of drug-likeness (QED) is 0.647. The molecule has 0 aliphatic heterocycles. The van der Waals surface area contributed by atoms with Gasteiger partial charge in [-0.25, -0.2) is 0 Å². The molecule has 0 radical (unpaired) electrons. The molecule has 0 aliphatic rings. The van der Waals surface area contributed by atoms with E-state index in [2.05, 4.69) is 11.4 Å². The Bertz CT molecular complexity index is 583. The average molecular weight is 302 g/mol. The van der Waals surface area contributed by atoms with E-state index in [9.17, 15) is 14.9 Å². The van der Waals surface area contributed by atoms with Gasteiger partial charge in [-0.05, 0) is 35.6 Å². The summed E-state index contributed by atoms with van der Waals surface area (Å²) in [5, 5.41) is 11.8. The van der Waals surface area contributed by atoms with Gasteiger partial charge in [0.15, 0.2) is 0 Å². The predicted octanol–water partition coefficient (Wildman–Crippen LogP) is 2.60. The van der Waals surface area contributed by atoms with Gasteiger partial charge in [0.05, 0.1) is 30.7 Å². The van der Waals surface area contributed by atoms with Crippen LogP contribution in [0.3, 0.4) is 0 Å². The zero-order valence-electron chi connectivity index (χ0n) is 13.5. The summed E-state index contributed by atoms with van der Waals surface area (Å²) in [6.07, 6.45) is 0.588. The Hall–Kier alpha value is -2.35. The number of rotatable bonds is 6. The van der Waals surface area contributed by atoms with E-state index >= 15 is 0 Å². The summed E-state index contributed by atoms with van der Waals surface area (Å²) in [5.74, 6) is -0.387. The summed E-state index contributed by atoms with van der Waals surface area (Å²) in [7, 11) is 0. The highest BCUT2D eigenvalue weighted by molar-refractivity contribution is 5.71. The third-order valence-corrected chi connectivity index (χ3v) is 3.30. The van der Waals surface area contributed by atoms with Crippen LogP contribution in [-0.4, -0.2) is 19.0 Å². The standard InChI is InChI=1S/C17H22N2O3/c1-5-22-16(21)9-15(19-11-20)13-6-12(10-18)7-14(8-13)17(2,3)4/h6-8,11,15H,5,9H2,1-4H3,(H,19,20). The number of hydrogen-bond acceptors (Lipinski definition) is 4. The molecule has 0 saturated heterocycles. The van der Waals surface area contributed by atoms with E-state index in [0.717, 1.165) is 11.1 Å². The summed E-state index contributed by atoms with van der Waals surface area (Å²) in [4.78, 5) is 22.5. The molecule has 1 rings (SSSR count). The third-order valence-electron chi connectivity index (χ3n) is 3.30. The van der Waals surface area contributed by atoms with E-state index < -0.39 is 6.04 Å². The Kier molecular flexibility index (Phi) is 6.11. The molecule has 1 aromatic carbocycles. The summed E-state index contributed by atoms with van der Waals surface area (Å²) in [5.41, 5.74) is 2.06. The molecular formula is C17H22N2O3. The maximum atomic E-state index is 11.7. The molecule has 22 heavy (non-hydrogen) atoms. The summed E-state index contributed by atoms with van der Waals surface area (Å²) >= 11 is 0. The van der Waals surface area contributed by atoms with E-state index in [-0.39, 0.29) is 24.4 Å².